The minimum atomic E-state index is -1.20. The molecule has 2 rings (SSSR count). The number of carboxylic acid groups (broad SMARTS) is 1. The number of nitrogens with one attached hydrogen (secondary N) is 2. The van der Waals surface area contributed by atoms with E-state index in [1.54, 1.807) is 43.3 Å². The highest BCUT2D eigenvalue weighted by Crippen LogP contribution is 2.36. The molecule has 8 nitrogen and oxygen atoms in total. The Labute approximate surface area is 188 Å². The van der Waals surface area contributed by atoms with Gasteiger partial charge in [0.2, 0.25) is 11.8 Å². The molecule has 0 aliphatic heterocycles. The van der Waals surface area contributed by atoms with Crippen LogP contribution in [0.3, 0.4) is 0 Å². The quantitative estimate of drug-likeness (QED) is 0.378. The highest BCUT2D eigenvalue weighted by atomic mass is 35.5. The molecular formula is C21H21ClN2O6S. The average Bonchev–Trinajstić information content (AvgIpc) is 2.73. The van der Waals surface area contributed by atoms with Crippen LogP contribution in [-0.2, 0) is 14.4 Å². The van der Waals surface area contributed by atoms with E-state index in [9.17, 15) is 14.4 Å². The Kier molecular flexibility index (Phi) is 8.77. The molecule has 0 aliphatic rings. The van der Waals surface area contributed by atoms with Gasteiger partial charge in [-0.1, -0.05) is 11.6 Å². The molecule has 1 atom stereocenters. The Bertz CT molecular complexity index is 994. The van der Waals surface area contributed by atoms with E-state index < -0.39 is 17.1 Å². The molecule has 164 valence electrons. The van der Waals surface area contributed by atoms with Gasteiger partial charge in [0.1, 0.15) is 11.5 Å². The first-order valence-corrected chi connectivity index (χ1v) is 10.2. The molecule has 0 saturated heterocycles. The van der Waals surface area contributed by atoms with Gasteiger partial charge in [-0.2, -0.15) is 0 Å². The lowest BCUT2D eigenvalue weighted by Gasteiger charge is -2.16. The van der Waals surface area contributed by atoms with Crippen LogP contribution in [0.5, 0.6) is 11.5 Å². The fraction of sp³-hybridized carbons (Fsp3) is 0.190. The second-order valence-corrected chi connectivity index (χ2v) is 7.94. The topological polar surface area (TPSA) is 114 Å². The number of rotatable bonds is 9. The number of halogens is 1. The van der Waals surface area contributed by atoms with Gasteiger partial charge in [-0.25, -0.2) is 4.79 Å². The molecule has 0 saturated carbocycles. The van der Waals surface area contributed by atoms with E-state index in [-0.39, 0.29) is 5.91 Å². The van der Waals surface area contributed by atoms with Crippen molar-refractivity contribution in [2.75, 3.05) is 24.9 Å². The first kappa shape index (κ1) is 24.1. The number of carboxylic acids is 1. The zero-order valence-electron chi connectivity index (χ0n) is 17.0. The van der Waals surface area contributed by atoms with Crippen LogP contribution >= 0.6 is 23.4 Å². The van der Waals surface area contributed by atoms with E-state index in [0.717, 1.165) is 17.0 Å². The summed E-state index contributed by atoms with van der Waals surface area (Å²) in [5.74, 6) is -1.15. The molecule has 31 heavy (non-hydrogen) atoms. The summed E-state index contributed by atoms with van der Waals surface area (Å²) in [5.41, 5.74) is 0.928. The first-order chi connectivity index (χ1) is 14.7. The lowest BCUT2D eigenvalue weighted by Crippen LogP contribution is -2.22. The molecule has 2 amide bonds. The van der Waals surface area contributed by atoms with E-state index >= 15 is 0 Å². The lowest BCUT2D eigenvalue weighted by atomic mass is 10.2. The SMILES string of the molecule is COc1cc(OC)c(NC(=O)C(C)Sc2ccc(NC(=O)/C=C/C(=O)O)cc2)cc1Cl. The van der Waals surface area contributed by atoms with Gasteiger partial charge in [0.15, 0.2) is 0 Å². The number of carbonyl (C=O) groups is 3. The Balaban J connectivity index is 1.99. The zero-order valence-corrected chi connectivity index (χ0v) is 18.5. The van der Waals surface area contributed by atoms with Crippen LogP contribution in [-0.4, -0.2) is 42.4 Å². The van der Waals surface area contributed by atoms with Crippen molar-refractivity contribution in [2.45, 2.75) is 17.1 Å². The number of aliphatic carboxylic acids is 1. The van der Waals surface area contributed by atoms with Gasteiger partial charge in [-0.05, 0) is 37.3 Å². The largest absolute Gasteiger partial charge is 0.495 e. The van der Waals surface area contributed by atoms with Crippen LogP contribution in [0, 0.1) is 0 Å². The molecule has 0 aromatic heterocycles. The van der Waals surface area contributed by atoms with Gasteiger partial charge in [-0.3, -0.25) is 9.59 Å². The maximum atomic E-state index is 12.6. The third-order valence-electron chi connectivity index (χ3n) is 3.91. The molecule has 10 heteroatoms. The molecule has 0 radical (unpaired) electrons. The van der Waals surface area contributed by atoms with E-state index in [4.69, 9.17) is 26.2 Å². The summed E-state index contributed by atoms with van der Waals surface area (Å²) in [4.78, 5) is 35.5. The van der Waals surface area contributed by atoms with Gasteiger partial charge in [-0.15, -0.1) is 11.8 Å². The smallest absolute Gasteiger partial charge is 0.328 e. The van der Waals surface area contributed by atoms with E-state index in [2.05, 4.69) is 10.6 Å². The molecule has 3 N–H and O–H groups in total. The number of carbonyl (C=O) groups excluding carboxylic acids is 2. The Morgan fingerprint density at radius 1 is 1.03 bits per heavy atom. The summed E-state index contributed by atoms with van der Waals surface area (Å²) in [6.45, 7) is 1.75. The molecule has 0 heterocycles. The second-order valence-electron chi connectivity index (χ2n) is 6.12. The van der Waals surface area contributed by atoms with Crippen LogP contribution in [0.15, 0.2) is 53.4 Å². The summed E-state index contributed by atoms with van der Waals surface area (Å²) in [7, 11) is 2.97. The lowest BCUT2D eigenvalue weighted by molar-refractivity contribution is -0.131. The molecule has 0 aliphatic carbocycles. The third kappa shape index (κ3) is 7.23. The summed E-state index contributed by atoms with van der Waals surface area (Å²) in [6, 6.07) is 9.96. The van der Waals surface area contributed by atoms with Gasteiger partial charge in [0, 0.05) is 28.8 Å². The average molecular weight is 465 g/mol. The normalized spacial score (nSPS) is 11.6. The molecule has 0 bridgehead atoms. The van der Waals surface area contributed by atoms with Crippen molar-refractivity contribution in [1.82, 2.24) is 0 Å². The number of benzene rings is 2. The summed E-state index contributed by atoms with van der Waals surface area (Å²) < 4.78 is 10.4. The van der Waals surface area contributed by atoms with Crippen LogP contribution in [0.25, 0.3) is 0 Å². The first-order valence-electron chi connectivity index (χ1n) is 8.94. The molecular weight excluding hydrogens is 444 g/mol. The van der Waals surface area contributed by atoms with Crippen LogP contribution < -0.4 is 20.1 Å². The highest BCUT2D eigenvalue weighted by Gasteiger charge is 2.18. The standard InChI is InChI=1S/C21H21ClN2O6S/c1-12(21(28)24-16-10-15(22)17(29-2)11-18(16)30-3)31-14-6-4-13(5-7-14)23-19(25)8-9-20(26)27/h4-12H,1-3H3,(H,23,25)(H,24,28)(H,26,27)/b9-8+. The van der Waals surface area contributed by atoms with E-state index in [1.165, 1.54) is 26.0 Å². The summed E-state index contributed by atoms with van der Waals surface area (Å²) in [5, 5.41) is 13.8. The predicted octanol–water partition coefficient (Wildman–Crippen LogP) is 4.06. The molecule has 2 aromatic carbocycles. The maximum absolute atomic E-state index is 12.6. The van der Waals surface area contributed by atoms with Crippen molar-refractivity contribution in [3.05, 3.63) is 53.6 Å². The van der Waals surface area contributed by atoms with Crippen molar-refractivity contribution in [3.8, 4) is 11.5 Å². The number of hydrogen-bond donors (Lipinski definition) is 3. The monoisotopic (exact) mass is 464 g/mol. The fourth-order valence-electron chi connectivity index (χ4n) is 2.40. The van der Waals surface area contributed by atoms with Crippen molar-refractivity contribution in [2.24, 2.45) is 0 Å². The number of thioether (sulfide) groups is 1. The Morgan fingerprint density at radius 3 is 2.26 bits per heavy atom. The van der Waals surface area contributed by atoms with Crippen LogP contribution in [0.1, 0.15) is 6.92 Å². The van der Waals surface area contributed by atoms with E-state index in [0.29, 0.717) is 27.9 Å². The summed E-state index contributed by atoms with van der Waals surface area (Å²) in [6.07, 6.45) is 1.68. The molecule has 1 unspecified atom stereocenters. The second kappa shape index (κ2) is 11.3. The number of hydrogen-bond acceptors (Lipinski definition) is 6. The van der Waals surface area contributed by atoms with Crippen molar-refractivity contribution < 1.29 is 29.0 Å². The Morgan fingerprint density at radius 2 is 1.68 bits per heavy atom. The van der Waals surface area contributed by atoms with Crippen LogP contribution in [0.2, 0.25) is 5.02 Å². The van der Waals surface area contributed by atoms with Crippen molar-refractivity contribution in [1.29, 1.82) is 0 Å². The molecule has 2 aromatic rings. The number of amides is 2. The number of methoxy groups -OCH3 is 2. The molecule has 0 fully saturated rings. The number of ether oxygens (including phenoxy) is 2. The van der Waals surface area contributed by atoms with Gasteiger partial charge in [0.05, 0.1) is 30.2 Å². The fourth-order valence-corrected chi connectivity index (χ4v) is 3.51. The minimum absolute atomic E-state index is 0.249. The van der Waals surface area contributed by atoms with Gasteiger partial charge >= 0.3 is 5.97 Å². The molecule has 0 spiro atoms. The minimum Gasteiger partial charge on any atom is -0.495 e. The zero-order chi connectivity index (χ0) is 23.0. The van der Waals surface area contributed by atoms with E-state index in [1.807, 2.05) is 0 Å². The van der Waals surface area contributed by atoms with Crippen LogP contribution in [0.4, 0.5) is 11.4 Å². The summed E-state index contributed by atoms with van der Waals surface area (Å²) >= 11 is 7.46. The third-order valence-corrected chi connectivity index (χ3v) is 5.32. The highest BCUT2D eigenvalue weighted by molar-refractivity contribution is 8.00. The van der Waals surface area contributed by atoms with Crippen molar-refractivity contribution in [3.63, 3.8) is 0 Å². The van der Waals surface area contributed by atoms with Gasteiger partial charge in [0.25, 0.3) is 0 Å². The Hall–Kier alpha value is -3.17. The maximum Gasteiger partial charge on any atom is 0.328 e. The number of anilines is 2. The predicted molar refractivity (Wildman–Crippen MR) is 120 cm³/mol. The van der Waals surface area contributed by atoms with Gasteiger partial charge < -0.3 is 25.2 Å². The van der Waals surface area contributed by atoms with Crippen molar-refractivity contribution >= 4 is 52.5 Å².